The van der Waals surface area contributed by atoms with Crippen molar-refractivity contribution in [3.05, 3.63) is 0 Å². The maximum Gasteiger partial charge on any atom is 0.323 e. The normalized spacial score (nSPS) is 32.9. The number of nitrogens with one attached hydrogen (secondary N) is 1. The van der Waals surface area contributed by atoms with Crippen molar-refractivity contribution < 1.29 is 15.0 Å². The van der Waals surface area contributed by atoms with E-state index in [9.17, 15) is 4.79 Å². The van der Waals surface area contributed by atoms with Gasteiger partial charge in [0.1, 0.15) is 5.54 Å². The first-order valence-corrected chi connectivity index (χ1v) is 5.20. The molecule has 0 unspecified atom stereocenters. The molecule has 0 bridgehead atoms. The maximum atomic E-state index is 11.1. The van der Waals surface area contributed by atoms with Gasteiger partial charge >= 0.3 is 5.97 Å². The van der Waals surface area contributed by atoms with Crippen LogP contribution in [0.1, 0.15) is 32.6 Å². The number of aliphatic hydroxyl groups excluding tert-OH is 1. The van der Waals surface area contributed by atoms with Crippen LogP contribution in [0.15, 0.2) is 0 Å². The lowest BCUT2D eigenvalue weighted by molar-refractivity contribution is -0.146. The van der Waals surface area contributed by atoms with Crippen molar-refractivity contribution in [3.63, 3.8) is 0 Å². The molecule has 0 aromatic carbocycles. The standard InChI is InChI=1S/C10H19NO3/c1-8-2-4-10(5-3-8,9(13)14)11-6-7-12/h8,11-12H,2-7H2,1H3,(H,13,14). The van der Waals surface area contributed by atoms with Crippen LogP contribution in [0.2, 0.25) is 0 Å². The predicted octanol–water partition coefficient (Wildman–Crippen LogP) is 0.602. The first-order valence-electron chi connectivity index (χ1n) is 5.20. The molecule has 0 aromatic heterocycles. The van der Waals surface area contributed by atoms with Gasteiger partial charge in [-0.25, -0.2) is 0 Å². The Balaban J connectivity index is 2.58. The molecule has 3 N–H and O–H groups in total. The third-order valence-electron chi connectivity index (χ3n) is 3.11. The molecule has 4 heteroatoms. The summed E-state index contributed by atoms with van der Waals surface area (Å²) in [5, 5.41) is 20.8. The van der Waals surface area contributed by atoms with E-state index in [4.69, 9.17) is 10.2 Å². The van der Waals surface area contributed by atoms with Crippen molar-refractivity contribution in [2.45, 2.75) is 38.1 Å². The highest BCUT2D eigenvalue weighted by Crippen LogP contribution is 2.31. The molecule has 0 aromatic rings. The van der Waals surface area contributed by atoms with Crippen LogP contribution in [0, 0.1) is 5.92 Å². The number of aliphatic carboxylic acids is 1. The summed E-state index contributed by atoms with van der Waals surface area (Å²) >= 11 is 0. The Kier molecular flexibility index (Phi) is 3.89. The van der Waals surface area contributed by atoms with Gasteiger partial charge in [0.25, 0.3) is 0 Å². The summed E-state index contributed by atoms with van der Waals surface area (Å²) in [6, 6.07) is 0. The fourth-order valence-corrected chi connectivity index (χ4v) is 2.02. The number of aliphatic hydroxyl groups is 1. The highest BCUT2D eigenvalue weighted by Gasteiger charge is 2.40. The Morgan fingerprint density at radius 2 is 2.07 bits per heavy atom. The Bertz CT molecular complexity index is 192. The van der Waals surface area contributed by atoms with E-state index in [1.165, 1.54) is 0 Å². The van der Waals surface area contributed by atoms with E-state index in [-0.39, 0.29) is 6.61 Å². The lowest BCUT2D eigenvalue weighted by Gasteiger charge is -2.36. The van der Waals surface area contributed by atoms with E-state index < -0.39 is 11.5 Å². The van der Waals surface area contributed by atoms with Gasteiger partial charge in [0.15, 0.2) is 0 Å². The molecule has 1 saturated carbocycles. The van der Waals surface area contributed by atoms with E-state index in [0.717, 1.165) is 12.8 Å². The lowest BCUT2D eigenvalue weighted by Crippen LogP contribution is -2.54. The van der Waals surface area contributed by atoms with Crippen molar-refractivity contribution in [3.8, 4) is 0 Å². The molecule has 1 aliphatic carbocycles. The van der Waals surface area contributed by atoms with Crippen molar-refractivity contribution >= 4 is 5.97 Å². The number of rotatable bonds is 4. The Morgan fingerprint density at radius 1 is 1.50 bits per heavy atom. The van der Waals surface area contributed by atoms with Crippen LogP contribution in [-0.4, -0.2) is 34.9 Å². The van der Waals surface area contributed by atoms with Crippen molar-refractivity contribution in [2.75, 3.05) is 13.2 Å². The number of carbonyl (C=O) groups is 1. The van der Waals surface area contributed by atoms with E-state index in [1.54, 1.807) is 0 Å². The van der Waals surface area contributed by atoms with Gasteiger partial charge in [-0.1, -0.05) is 6.92 Å². The smallest absolute Gasteiger partial charge is 0.323 e. The fourth-order valence-electron chi connectivity index (χ4n) is 2.02. The molecule has 14 heavy (non-hydrogen) atoms. The van der Waals surface area contributed by atoms with Gasteiger partial charge in [-0.2, -0.15) is 0 Å². The highest BCUT2D eigenvalue weighted by molar-refractivity contribution is 5.78. The lowest BCUT2D eigenvalue weighted by atomic mass is 9.77. The Labute approximate surface area is 84.3 Å². The number of hydrogen-bond acceptors (Lipinski definition) is 3. The summed E-state index contributed by atoms with van der Waals surface area (Å²) in [6.45, 7) is 2.50. The highest BCUT2D eigenvalue weighted by atomic mass is 16.4. The second-order valence-corrected chi connectivity index (χ2v) is 4.22. The van der Waals surface area contributed by atoms with Gasteiger partial charge in [0.2, 0.25) is 0 Å². The van der Waals surface area contributed by atoms with Crippen molar-refractivity contribution in [1.29, 1.82) is 0 Å². The summed E-state index contributed by atoms with van der Waals surface area (Å²) in [6.07, 6.45) is 3.24. The maximum absolute atomic E-state index is 11.1. The molecule has 1 rings (SSSR count). The summed E-state index contributed by atoms with van der Waals surface area (Å²) in [5.41, 5.74) is -0.782. The van der Waals surface area contributed by atoms with Gasteiger partial charge < -0.3 is 10.2 Å². The van der Waals surface area contributed by atoms with E-state index in [0.29, 0.717) is 25.3 Å². The minimum Gasteiger partial charge on any atom is -0.480 e. The van der Waals surface area contributed by atoms with Gasteiger partial charge in [-0.15, -0.1) is 0 Å². The predicted molar refractivity (Wildman–Crippen MR) is 53.1 cm³/mol. The molecular weight excluding hydrogens is 182 g/mol. The number of carboxylic acid groups (broad SMARTS) is 1. The van der Waals surface area contributed by atoms with Crippen LogP contribution >= 0.6 is 0 Å². The number of β-amino-alcohol motifs (C(OH)–C–C–N with tert-alkyl or cyclic N) is 1. The van der Waals surface area contributed by atoms with E-state index >= 15 is 0 Å². The molecule has 0 atom stereocenters. The molecule has 0 heterocycles. The Morgan fingerprint density at radius 3 is 2.50 bits per heavy atom. The summed E-state index contributed by atoms with van der Waals surface area (Å²) < 4.78 is 0. The monoisotopic (exact) mass is 201 g/mol. The number of hydrogen-bond donors (Lipinski definition) is 3. The molecule has 4 nitrogen and oxygen atoms in total. The first-order chi connectivity index (χ1) is 6.60. The summed E-state index contributed by atoms with van der Waals surface area (Å²) in [4.78, 5) is 11.1. The first kappa shape index (κ1) is 11.5. The van der Waals surface area contributed by atoms with Gasteiger partial charge in [0.05, 0.1) is 6.61 Å². The zero-order valence-electron chi connectivity index (χ0n) is 8.62. The molecule has 0 aliphatic heterocycles. The molecular formula is C10H19NO3. The third kappa shape index (κ3) is 2.45. The van der Waals surface area contributed by atoms with Crippen molar-refractivity contribution in [2.24, 2.45) is 5.92 Å². The van der Waals surface area contributed by atoms with Crippen LogP contribution in [-0.2, 0) is 4.79 Å². The third-order valence-corrected chi connectivity index (χ3v) is 3.11. The van der Waals surface area contributed by atoms with Crippen LogP contribution < -0.4 is 5.32 Å². The molecule has 1 fully saturated rings. The average molecular weight is 201 g/mol. The Hall–Kier alpha value is -0.610. The molecule has 0 radical (unpaired) electrons. The molecule has 1 aliphatic rings. The van der Waals surface area contributed by atoms with Crippen LogP contribution in [0.4, 0.5) is 0 Å². The number of carboxylic acids is 1. The SMILES string of the molecule is CC1CCC(NCCO)(C(=O)O)CC1. The van der Waals surface area contributed by atoms with E-state index in [1.807, 2.05) is 0 Å². The molecule has 0 spiro atoms. The quantitative estimate of drug-likeness (QED) is 0.623. The summed E-state index contributed by atoms with van der Waals surface area (Å²) in [5.74, 6) is -0.156. The second kappa shape index (κ2) is 4.75. The largest absolute Gasteiger partial charge is 0.480 e. The van der Waals surface area contributed by atoms with Crippen LogP contribution in [0.5, 0.6) is 0 Å². The second-order valence-electron chi connectivity index (χ2n) is 4.22. The van der Waals surface area contributed by atoms with Gasteiger partial charge in [-0.05, 0) is 31.6 Å². The fraction of sp³-hybridized carbons (Fsp3) is 0.900. The van der Waals surface area contributed by atoms with Gasteiger partial charge in [-0.3, -0.25) is 10.1 Å². The van der Waals surface area contributed by atoms with Gasteiger partial charge in [0, 0.05) is 6.54 Å². The average Bonchev–Trinajstić information content (AvgIpc) is 2.17. The van der Waals surface area contributed by atoms with E-state index in [2.05, 4.69) is 12.2 Å². The minimum atomic E-state index is -0.782. The molecule has 0 amide bonds. The molecule has 0 saturated heterocycles. The summed E-state index contributed by atoms with van der Waals surface area (Å²) in [7, 11) is 0. The molecule has 82 valence electrons. The van der Waals surface area contributed by atoms with Crippen LogP contribution in [0.25, 0.3) is 0 Å². The zero-order valence-corrected chi connectivity index (χ0v) is 8.62. The topological polar surface area (TPSA) is 69.6 Å². The van der Waals surface area contributed by atoms with Crippen LogP contribution in [0.3, 0.4) is 0 Å². The zero-order chi connectivity index (χ0) is 10.6. The van der Waals surface area contributed by atoms with Crippen molar-refractivity contribution in [1.82, 2.24) is 5.32 Å². The minimum absolute atomic E-state index is 0.00934.